The fourth-order valence-corrected chi connectivity index (χ4v) is 4.19. The average Bonchev–Trinajstić information content (AvgIpc) is 2.47. The molecule has 0 aliphatic carbocycles. The second-order valence-corrected chi connectivity index (χ2v) is 7.53. The number of hydrogen-bond acceptors (Lipinski definition) is 4. The summed E-state index contributed by atoms with van der Waals surface area (Å²) in [5.41, 5.74) is -0.0509. The Hall–Kier alpha value is -0.740. The van der Waals surface area contributed by atoms with Crippen LogP contribution >= 0.6 is 28.3 Å². The number of nitrogens with zero attached hydrogens (tertiary/aromatic N) is 1. The molecule has 1 fully saturated rings. The van der Waals surface area contributed by atoms with Crippen molar-refractivity contribution < 1.29 is 17.6 Å². The van der Waals surface area contributed by atoms with E-state index in [1.807, 2.05) is 0 Å². The Morgan fingerprint density at radius 3 is 2.48 bits per heavy atom. The highest BCUT2D eigenvalue weighted by Crippen LogP contribution is 2.28. The van der Waals surface area contributed by atoms with Gasteiger partial charge in [-0.15, -0.1) is 12.4 Å². The van der Waals surface area contributed by atoms with Gasteiger partial charge in [-0.3, -0.25) is 4.79 Å². The van der Waals surface area contributed by atoms with Crippen molar-refractivity contribution >= 4 is 44.3 Å². The van der Waals surface area contributed by atoms with Gasteiger partial charge in [-0.05, 0) is 54.0 Å². The number of carbonyl (C=O) groups is 1. The Balaban J connectivity index is 0.00000264. The van der Waals surface area contributed by atoms with E-state index in [1.165, 1.54) is 4.90 Å². The predicted octanol–water partition coefficient (Wildman–Crippen LogP) is 1.48. The third-order valence-electron chi connectivity index (χ3n) is 3.72. The minimum Gasteiger partial charge on any atom is -0.339 e. The number of piperidine rings is 1. The lowest BCUT2D eigenvalue weighted by molar-refractivity contribution is 0.0701. The molecule has 0 unspecified atom stereocenters. The lowest BCUT2D eigenvalue weighted by atomic mass is 10.0. The molecule has 1 heterocycles. The van der Waals surface area contributed by atoms with Crippen molar-refractivity contribution in [1.82, 2.24) is 10.2 Å². The lowest BCUT2D eigenvalue weighted by Gasteiger charge is -2.32. The number of nitrogens with one attached hydrogen (secondary N) is 1. The first-order valence-corrected chi connectivity index (χ1v) is 9.05. The molecule has 23 heavy (non-hydrogen) atoms. The number of nitrogens with two attached hydrogens (primary N) is 1. The Morgan fingerprint density at radius 2 is 1.96 bits per heavy atom. The molecule has 1 saturated heterocycles. The number of carbonyl (C=O) groups excluding carboxylic acids is 1. The molecule has 0 aromatic heterocycles. The highest BCUT2D eigenvalue weighted by molar-refractivity contribution is 9.10. The van der Waals surface area contributed by atoms with Crippen molar-refractivity contribution in [3.05, 3.63) is 28.0 Å². The number of benzene rings is 1. The highest BCUT2D eigenvalue weighted by atomic mass is 79.9. The molecule has 0 radical (unpaired) electrons. The van der Waals surface area contributed by atoms with Crippen molar-refractivity contribution in [2.75, 3.05) is 20.1 Å². The van der Waals surface area contributed by atoms with Crippen LogP contribution in [0.15, 0.2) is 21.5 Å². The van der Waals surface area contributed by atoms with Crippen LogP contribution in [0.5, 0.6) is 0 Å². The quantitative estimate of drug-likeness (QED) is 0.760. The van der Waals surface area contributed by atoms with Gasteiger partial charge in [-0.2, -0.15) is 0 Å². The monoisotopic (exact) mass is 429 g/mol. The first kappa shape index (κ1) is 20.3. The molecular weight excluding hydrogens is 413 g/mol. The van der Waals surface area contributed by atoms with Crippen LogP contribution in [0.1, 0.15) is 23.2 Å². The van der Waals surface area contributed by atoms with E-state index in [4.69, 9.17) is 5.14 Å². The molecule has 10 heteroatoms. The van der Waals surface area contributed by atoms with Crippen molar-refractivity contribution in [2.24, 2.45) is 5.14 Å². The van der Waals surface area contributed by atoms with E-state index in [2.05, 4.69) is 21.2 Å². The number of halogens is 3. The maximum atomic E-state index is 13.7. The summed E-state index contributed by atoms with van der Waals surface area (Å²) in [6.45, 7) is 1.60. The van der Waals surface area contributed by atoms with Crippen LogP contribution in [0, 0.1) is 5.82 Å². The SMILES string of the molecule is CN(C(=O)c1cc(F)cc(S(N)(=O)=O)c1Br)C1CCNCC1.Cl. The number of rotatable bonds is 3. The van der Waals surface area contributed by atoms with Gasteiger partial charge in [0, 0.05) is 13.1 Å². The van der Waals surface area contributed by atoms with E-state index in [0.29, 0.717) is 0 Å². The average molecular weight is 431 g/mol. The maximum absolute atomic E-state index is 13.7. The topological polar surface area (TPSA) is 92.5 Å². The highest BCUT2D eigenvalue weighted by Gasteiger charge is 2.27. The second-order valence-electron chi connectivity index (χ2n) is 5.21. The minimum absolute atomic E-state index is 0. The lowest BCUT2D eigenvalue weighted by Crippen LogP contribution is -2.44. The molecule has 1 aliphatic rings. The van der Waals surface area contributed by atoms with Gasteiger partial charge in [0.25, 0.3) is 5.91 Å². The molecule has 1 aromatic carbocycles. The Morgan fingerprint density at radius 1 is 1.39 bits per heavy atom. The van der Waals surface area contributed by atoms with Crippen LogP contribution in [0.25, 0.3) is 0 Å². The summed E-state index contributed by atoms with van der Waals surface area (Å²) < 4.78 is 36.7. The maximum Gasteiger partial charge on any atom is 0.255 e. The molecule has 2 rings (SSSR count). The molecule has 1 aromatic rings. The number of hydrogen-bond donors (Lipinski definition) is 2. The van der Waals surface area contributed by atoms with Gasteiger partial charge in [0.2, 0.25) is 10.0 Å². The van der Waals surface area contributed by atoms with Crippen LogP contribution in [-0.4, -0.2) is 45.4 Å². The Kier molecular flexibility index (Phi) is 6.96. The summed E-state index contributed by atoms with van der Waals surface area (Å²) in [5, 5.41) is 8.25. The standard InChI is InChI=1S/C13H17BrFN3O3S.ClH/c1-18(9-2-4-17-5-3-9)13(19)10-6-8(15)7-11(12(10)14)22(16,20)21;/h6-7,9,17H,2-5H2,1H3,(H2,16,20,21);1H. The van der Waals surface area contributed by atoms with E-state index >= 15 is 0 Å². The van der Waals surface area contributed by atoms with E-state index in [9.17, 15) is 17.6 Å². The molecule has 0 saturated carbocycles. The van der Waals surface area contributed by atoms with Gasteiger partial charge >= 0.3 is 0 Å². The van der Waals surface area contributed by atoms with Gasteiger partial charge in [0.05, 0.1) is 14.9 Å². The third-order valence-corrected chi connectivity index (χ3v) is 5.77. The van der Waals surface area contributed by atoms with Gasteiger partial charge < -0.3 is 10.2 Å². The van der Waals surface area contributed by atoms with E-state index in [0.717, 1.165) is 38.1 Å². The number of sulfonamides is 1. The smallest absolute Gasteiger partial charge is 0.255 e. The van der Waals surface area contributed by atoms with Gasteiger partial charge in [0.1, 0.15) is 5.82 Å². The molecule has 1 aliphatic heterocycles. The first-order chi connectivity index (χ1) is 10.2. The molecule has 0 spiro atoms. The van der Waals surface area contributed by atoms with Crippen LogP contribution in [0.2, 0.25) is 0 Å². The van der Waals surface area contributed by atoms with E-state index in [1.54, 1.807) is 7.05 Å². The summed E-state index contributed by atoms with van der Waals surface area (Å²) in [6.07, 6.45) is 1.58. The summed E-state index contributed by atoms with van der Waals surface area (Å²) >= 11 is 3.06. The largest absolute Gasteiger partial charge is 0.339 e. The van der Waals surface area contributed by atoms with Crippen molar-refractivity contribution in [2.45, 2.75) is 23.8 Å². The summed E-state index contributed by atoms with van der Waals surface area (Å²) in [5.74, 6) is -1.27. The molecule has 130 valence electrons. The zero-order valence-electron chi connectivity index (χ0n) is 12.4. The van der Waals surface area contributed by atoms with E-state index in [-0.39, 0.29) is 28.5 Å². The van der Waals surface area contributed by atoms with Crippen molar-refractivity contribution in [3.8, 4) is 0 Å². The number of primary sulfonamides is 1. The fraction of sp³-hybridized carbons (Fsp3) is 0.462. The molecule has 1 amide bonds. The molecule has 0 bridgehead atoms. The van der Waals surface area contributed by atoms with Crippen LogP contribution in [0.3, 0.4) is 0 Å². The van der Waals surface area contributed by atoms with Crippen molar-refractivity contribution in [1.29, 1.82) is 0 Å². The molecule has 0 atom stereocenters. The third kappa shape index (κ3) is 4.63. The van der Waals surface area contributed by atoms with Crippen molar-refractivity contribution in [3.63, 3.8) is 0 Å². The predicted molar refractivity (Wildman–Crippen MR) is 90.7 cm³/mol. The Bertz CT molecular complexity index is 696. The Labute approximate surface area is 149 Å². The van der Waals surface area contributed by atoms with Crippen LogP contribution in [-0.2, 0) is 10.0 Å². The van der Waals surface area contributed by atoms with Gasteiger partial charge in [-0.1, -0.05) is 0 Å². The zero-order valence-corrected chi connectivity index (χ0v) is 15.6. The first-order valence-electron chi connectivity index (χ1n) is 6.71. The zero-order chi connectivity index (χ0) is 16.5. The molecular formula is C13H18BrClFN3O3S. The molecule has 3 N–H and O–H groups in total. The molecule has 6 nitrogen and oxygen atoms in total. The van der Waals surface area contributed by atoms with E-state index < -0.39 is 26.6 Å². The van der Waals surface area contributed by atoms with Crippen LogP contribution in [0.4, 0.5) is 4.39 Å². The summed E-state index contributed by atoms with van der Waals surface area (Å²) in [6, 6.07) is 1.83. The minimum atomic E-state index is -4.13. The van der Waals surface area contributed by atoms with Gasteiger partial charge in [-0.25, -0.2) is 17.9 Å². The summed E-state index contributed by atoms with van der Waals surface area (Å²) in [7, 11) is -2.50. The normalized spacial score (nSPS) is 15.8. The summed E-state index contributed by atoms with van der Waals surface area (Å²) in [4.78, 5) is 13.7. The van der Waals surface area contributed by atoms with Gasteiger partial charge in [0.15, 0.2) is 0 Å². The fourth-order valence-electron chi connectivity index (χ4n) is 2.48. The number of amides is 1. The van der Waals surface area contributed by atoms with Crippen LogP contribution < -0.4 is 10.5 Å². The second kappa shape index (κ2) is 7.89.